The molecule has 6 heteroatoms. The van der Waals surface area contributed by atoms with Crippen LogP contribution in [0.1, 0.15) is 19.3 Å². The Bertz CT molecular complexity index is 587. The molecule has 1 fully saturated rings. The first-order valence-corrected chi connectivity index (χ1v) is 7.98. The molecule has 0 atom stereocenters. The van der Waals surface area contributed by atoms with Crippen LogP contribution in [-0.2, 0) is 9.53 Å². The molecule has 0 unspecified atom stereocenters. The van der Waals surface area contributed by atoms with Crippen LogP contribution in [0.25, 0.3) is 10.2 Å². The lowest BCUT2D eigenvalue weighted by Crippen LogP contribution is -2.37. The number of aliphatic carboxylic acids is 1. The third-order valence-corrected chi connectivity index (χ3v) is 4.76. The maximum Gasteiger partial charge on any atom is 0.305 e. The van der Waals surface area contributed by atoms with E-state index in [9.17, 15) is 4.79 Å². The minimum Gasteiger partial charge on any atom is -0.481 e. The fraction of sp³-hybridized carbons (Fsp3) is 0.467. The summed E-state index contributed by atoms with van der Waals surface area (Å²) in [5.41, 5.74) is 1.05. The quantitative estimate of drug-likeness (QED) is 0.920. The molecule has 5 nitrogen and oxygen atoms in total. The molecule has 0 saturated carbocycles. The van der Waals surface area contributed by atoms with Gasteiger partial charge in [0, 0.05) is 13.1 Å². The molecule has 2 heterocycles. The summed E-state index contributed by atoms with van der Waals surface area (Å²) in [6, 6.07) is 8.18. The lowest BCUT2D eigenvalue weighted by Gasteiger charge is -2.31. The number of thiazole rings is 1. The van der Waals surface area contributed by atoms with Crippen LogP contribution in [0.4, 0.5) is 5.13 Å². The maximum absolute atomic E-state index is 10.5. The second kappa shape index (κ2) is 6.41. The number of fused-ring (bicyclic) bond motifs is 1. The average molecular weight is 306 g/mol. The van der Waals surface area contributed by atoms with Crippen LogP contribution in [0.15, 0.2) is 24.3 Å². The number of hydrogen-bond donors (Lipinski definition) is 1. The number of piperidine rings is 1. The van der Waals surface area contributed by atoms with E-state index in [2.05, 4.69) is 16.0 Å². The topological polar surface area (TPSA) is 62.7 Å². The van der Waals surface area contributed by atoms with Gasteiger partial charge in [0.15, 0.2) is 5.13 Å². The largest absolute Gasteiger partial charge is 0.481 e. The van der Waals surface area contributed by atoms with Crippen molar-refractivity contribution in [3.05, 3.63) is 24.3 Å². The standard InChI is InChI=1S/C15H18N2O3S/c18-14(19)7-10-20-11-5-8-17(9-6-11)15-16-12-3-1-2-4-13(12)21-15/h1-4,11H,5-10H2,(H,18,19). The molecule has 0 bridgehead atoms. The average Bonchev–Trinajstić information content (AvgIpc) is 2.91. The molecule has 3 rings (SSSR count). The minimum absolute atomic E-state index is 0.0814. The molecular weight excluding hydrogens is 288 g/mol. The van der Waals surface area contributed by atoms with Crippen molar-refractivity contribution in [3.8, 4) is 0 Å². The van der Waals surface area contributed by atoms with E-state index < -0.39 is 5.97 Å². The highest BCUT2D eigenvalue weighted by Crippen LogP contribution is 2.30. The molecule has 0 aliphatic carbocycles. The second-order valence-corrected chi connectivity index (χ2v) is 6.17. The third-order valence-electron chi connectivity index (χ3n) is 3.66. The molecule has 0 radical (unpaired) electrons. The van der Waals surface area contributed by atoms with Crippen molar-refractivity contribution in [2.24, 2.45) is 0 Å². The summed E-state index contributed by atoms with van der Waals surface area (Å²) in [4.78, 5) is 17.4. The highest BCUT2D eigenvalue weighted by Gasteiger charge is 2.22. The van der Waals surface area contributed by atoms with Gasteiger partial charge >= 0.3 is 5.97 Å². The van der Waals surface area contributed by atoms with Gasteiger partial charge in [0.25, 0.3) is 0 Å². The van der Waals surface area contributed by atoms with E-state index >= 15 is 0 Å². The molecule has 1 N–H and O–H groups in total. The van der Waals surface area contributed by atoms with Crippen molar-refractivity contribution >= 4 is 32.7 Å². The van der Waals surface area contributed by atoms with E-state index in [0.717, 1.165) is 36.6 Å². The number of anilines is 1. The molecule has 1 aliphatic rings. The van der Waals surface area contributed by atoms with Gasteiger partial charge in [0.1, 0.15) is 0 Å². The molecule has 1 saturated heterocycles. The Morgan fingerprint density at radius 3 is 2.86 bits per heavy atom. The van der Waals surface area contributed by atoms with Crippen LogP contribution in [0.2, 0.25) is 0 Å². The van der Waals surface area contributed by atoms with Crippen LogP contribution >= 0.6 is 11.3 Å². The van der Waals surface area contributed by atoms with E-state index in [1.165, 1.54) is 4.70 Å². The van der Waals surface area contributed by atoms with Gasteiger partial charge in [0.05, 0.1) is 29.3 Å². The summed E-state index contributed by atoms with van der Waals surface area (Å²) < 4.78 is 6.83. The number of carboxylic acid groups (broad SMARTS) is 1. The lowest BCUT2D eigenvalue weighted by molar-refractivity contribution is -0.138. The zero-order valence-electron chi connectivity index (χ0n) is 11.7. The molecular formula is C15H18N2O3S. The Hall–Kier alpha value is -1.66. The number of ether oxygens (including phenoxy) is 1. The molecule has 0 spiro atoms. The van der Waals surface area contributed by atoms with E-state index in [1.54, 1.807) is 11.3 Å². The summed E-state index contributed by atoms with van der Waals surface area (Å²) in [5.74, 6) is -0.804. The first-order chi connectivity index (χ1) is 10.2. The van der Waals surface area contributed by atoms with Gasteiger partial charge in [-0.1, -0.05) is 23.5 Å². The van der Waals surface area contributed by atoms with Crippen LogP contribution in [-0.4, -0.2) is 41.9 Å². The zero-order chi connectivity index (χ0) is 14.7. The molecule has 0 amide bonds. The summed E-state index contributed by atoms with van der Waals surface area (Å²) >= 11 is 1.72. The Balaban J connectivity index is 1.54. The van der Waals surface area contributed by atoms with Crippen LogP contribution in [0.3, 0.4) is 0 Å². The van der Waals surface area contributed by atoms with Gasteiger partial charge in [0.2, 0.25) is 0 Å². The van der Waals surface area contributed by atoms with E-state index in [-0.39, 0.29) is 12.5 Å². The number of carboxylic acids is 1. The number of hydrogen-bond acceptors (Lipinski definition) is 5. The van der Waals surface area contributed by atoms with Crippen molar-refractivity contribution in [3.63, 3.8) is 0 Å². The molecule has 1 aromatic heterocycles. The van der Waals surface area contributed by atoms with Crippen LogP contribution < -0.4 is 4.90 Å². The van der Waals surface area contributed by atoms with Crippen LogP contribution in [0, 0.1) is 0 Å². The molecule has 1 aliphatic heterocycles. The number of benzene rings is 1. The lowest BCUT2D eigenvalue weighted by atomic mass is 10.1. The predicted octanol–water partition coefficient (Wildman–Crippen LogP) is 2.76. The summed E-state index contributed by atoms with van der Waals surface area (Å²) in [7, 11) is 0. The Kier molecular flexibility index (Phi) is 4.36. The van der Waals surface area contributed by atoms with E-state index in [0.29, 0.717) is 6.61 Å². The van der Waals surface area contributed by atoms with Crippen molar-refractivity contribution in [1.82, 2.24) is 4.98 Å². The fourth-order valence-corrected chi connectivity index (χ4v) is 3.54. The minimum atomic E-state index is -0.804. The maximum atomic E-state index is 10.5. The van der Waals surface area contributed by atoms with Crippen molar-refractivity contribution in [2.45, 2.75) is 25.4 Å². The van der Waals surface area contributed by atoms with Crippen molar-refractivity contribution < 1.29 is 14.6 Å². The smallest absolute Gasteiger partial charge is 0.305 e. The first kappa shape index (κ1) is 14.3. The third kappa shape index (κ3) is 3.51. The van der Waals surface area contributed by atoms with Gasteiger partial charge in [-0.15, -0.1) is 0 Å². The van der Waals surface area contributed by atoms with E-state index in [4.69, 9.17) is 9.84 Å². The van der Waals surface area contributed by atoms with E-state index in [1.807, 2.05) is 18.2 Å². The number of para-hydroxylation sites is 1. The number of rotatable bonds is 5. The van der Waals surface area contributed by atoms with Gasteiger partial charge in [-0.3, -0.25) is 4.79 Å². The summed E-state index contributed by atoms with van der Waals surface area (Å²) in [6.45, 7) is 2.14. The number of aromatic nitrogens is 1. The molecule has 112 valence electrons. The first-order valence-electron chi connectivity index (χ1n) is 7.16. The van der Waals surface area contributed by atoms with Gasteiger partial charge in [-0.25, -0.2) is 4.98 Å². The normalized spacial score (nSPS) is 16.5. The Labute approximate surface area is 127 Å². The number of nitrogens with zero attached hydrogens (tertiary/aromatic N) is 2. The molecule has 21 heavy (non-hydrogen) atoms. The van der Waals surface area contributed by atoms with Gasteiger partial charge < -0.3 is 14.7 Å². The summed E-state index contributed by atoms with van der Waals surface area (Å²) in [5, 5.41) is 9.68. The number of carbonyl (C=O) groups is 1. The van der Waals surface area contributed by atoms with Crippen LogP contribution in [0.5, 0.6) is 0 Å². The molecule has 2 aromatic rings. The van der Waals surface area contributed by atoms with Gasteiger partial charge in [-0.05, 0) is 25.0 Å². The Morgan fingerprint density at radius 2 is 2.14 bits per heavy atom. The second-order valence-electron chi connectivity index (χ2n) is 5.17. The highest BCUT2D eigenvalue weighted by molar-refractivity contribution is 7.22. The van der Waals surface area contributed by atoms with Crippen molar-refractivity contribution in [1.29, 1.82) is 0 Å². The highest BCUT2D eigenvalue weighted by atomic mass is 32.1. The molecule has 1 aromatic carbocycles. The predicted molar refractivity (Wildman–Crippen MR) is 83.1 cm³/mol. The van der Waals surface area contributed by atoms with Gasteiger partial charge in [-0.2, -0.15) is 0 Å². The zero-order valence-corrected chi connectivity index (χ0v) is 12.5. The summed E-state index contributed by atoms with van der Waals surface area (Å²) in [6.07, 6.45) is 2.11. The SMILES string of the molecule is O=C(O)CCOC1CCN(c2nc3ccccc3s2)CC1. The Morgan fingerprint density at radius 1 is 1.38 bits per heavy atom. The fourth-order valence-electron chi connectivity index (χ4n) is 2.52. The van der Waals surface area contributed by atoms with Crippen molar-refractivity contribution in [2.75, 3.05) is 24.6 Å². The monoisotopic (exact) mass is 306 g/mol.